The fourth-order valence-corrected chi connectivity index (χ4v) is 3.62. The molecule has 2 rings (SSSR count). The fourth-order valence-electron chi connectivity index (χ4n) is 3.14. The minimum absolute atomic E-state index is 0.0756. The summed E-state index contributed by atoms with van der Waals surface area (Å²) in [5.41, 5.74) is 1.19. The molecule has 0 N–H and O–H groups in total. The van der Waals surface area contributed by atoms with Crippen LogP contribution in [0.15, 0.2) is 34.7 Å². The molecule has 1 aromatic rings. The lowest BCUT2D eigenvalue weighted by atomic mass is 10.0. The van der Waals surface area contributed by atoms with Crippen molar-refractivity contribution >= 4 is 10.5 Å². The van der Waals surface area contributed by atoms with Crippen LogP contribution >= 0.6 is 0 Å². The molecule has 0 aliphatic heterocycles. The zero-order chi connectivity index (χ0) is 15.2. The highest BCUT2D eigenvalue weighted by molar-refractivity contribution is 7.61. The van der Waals surface area contributed by atoms with Gasteiger partial charge in [-0.25, -0.2) is 0 Å². The Morgan fingerprint density at radius 2 is 2.00 bits per heavy atom. The van der Waals surface area contributed by atoms with Crippen LogP contribution in [0.5, 0.6) is 0 Å². The third-order valence-electron chi connectivity index (χ3n) is 4.37. The van der Waals surface area contributed by atoms with Gasteiger partial charge in [-0.05, 0) is 30.7 Å². The van der Waals surface area contributed by atoms with Crippen LogP contribution in [0.3, 0.4) is 0 Å². The van der Waals surface area contributed by atoms with E-state index in [0.29, 0.717) is 12.0 Å². The first kappa shape index (κ1) is 16.2. The summed E-state index contributed by atoms with van der Waals surface area (Å²) in [4.78, 5) is 0. The number of methoxy groups -OCH3 is 1. The Balaban J connectivity index is 1.96. The molecule has 21 heavy (non-hydrogen) atoms. The van der Waals surface area contributed by atoms with Gasteiger partial charge in [0.1, 0.15) is 0 Å². The molecule has 0 aromatic heterocycles. The third kappa shape index (κ3) is 4.38. The summed E-state index contributed by atoms with van der Waals surface area (Å²) in [5, 5.41) is 0. The predicted molar refractivity (Wildman–Crippen MR) is 82.7 cm³/mol. The average Bonchev–Trinajstić information content (AvgIpc) is 3.16. The molecule has 1 saturated carbocycles. The Morgan fingerprint density at radius 3 is 2.57 bits per heavy atom. The molecule has 0 amide bonds. The molecule has 4 atom stereocenters. The van der Waals surface area contributed by atoms with Gasteiger partial charge in [0.15, 0.2) is 0 Å². The molecule has 4 unspecified atom stereocenters. The van der Waals surface area contributed by atoms with Crippen LogP contribution in [-0.2, 0) is 15.2 Å². The standard InChI is InChI=1S/C16H23NO3S/c1-3-13(20-2)10-7-11-14-15(16(14)17-21(18)19)12-8-5-4-6-9-12/h4-6,8-9,13-16H,3,7,10-11H2,1-2H3. The SMILES string of the molecule is CCC(CCCC1C(N=S(=O)=O)C1c1ccccc1)OC. The number of rotatable bonds is 8. The maximum atomic E-state index is 10.9. The van der Waals surface area contributed by atoms with Gasteiger partial charge in [0.2, 0.25) is 0 Å². The van der Waals surface area contributed by atoms with Crippen LogP contribution in [0.2, 0.25) is 0 Å². The highest BCUT2D eigenvalue weighted by Gasteiger charge is 2.51. The summed E-state index contributed by atoms with van der Waals surface area (Å²) in [6.07, 6.45) is 4.41. The molecule has 5 heteroatoms. The van der Waals surface area contributed by atoms with Gasteiger partial charge in [0.25, 0.3) is 0 Å². The summed E-state index contributed by atoms with van der Waals surface area (Å²) in [6.45, 7) is 2.12. The predicted octanol–water partition coefficient (Wildman–Crippen LogP) is 3.43. The smallest absolute Gasteiger partial charge is 0.311 e. The third-order valence-corrected chi connectivity index (χ3v) is 4.79. The monoisotopic (exact) mass is 309 g/mol. The van der Waals surface area contributed by atoms with Crippen molar-refractivity contribution in [2.75, 3.05) is 7.11 Å². The molecule has 1 aliphatic carbocycles. The summed E-state index contributed by atoms with van der Waals surface area (Å²) in [5.74, 6) is 0.603. The highest BCUT2D eigenvalue weighted by Crippen LogP contribution is 2.52. The van der Waals surface area contributed by atoms with E-state index in [0.717, 1.165) is 25.7 Å². The van der Waals surface area contributed by atoms with Crippen LogP contribution in [0.1, 0.15) is 44.1 Å². The highest BCUT2D eigenvalue weighted by atomic mass is 32.2. The molecular formula is C16H23NO3S. The van der Waals surface area contributed by atoms with E-state index in [1.54, 1.807) is 7.11 Å². The Bertz CT molecular complexity index is 558. The zero-order valence-corrected chi connectivity index (χ0v) is 13.4. The van der Waals surface area contributed by atoms with E-state index in [1.165, 1.54) is 5.56 Å². The van der Waals surface area contributed by atoms with Crippen molar-refractivity contribution in [3.8, 4) is 0 Å². The average molecular weight is 309 g/mol. The van der Waals surface area contributed by atoms with Crippen LogP contribution < -0.4 is 0 Å². The molecule has 116 valence electrons. The van der Waals surface area contributed by atoms with Crippen LogP contribution in [0, 0.1) is 5.92 Å². The second-order valence-corrected chi connectivity index (χ2v) is 6.26. The number of hydrogen-bond donors (Lipinski definition) is 0. The fraction of sp³-hybridized carbons (Fsp3) is 0.625. The number of benzene rings is 1. The van der Waals surface area contributed by atoms with Crippen molar-refractivity contribution in [1.29, 1.82) is 0 Å². The molecule has 0 bridgehead atoms. The van der Waals surface area contributed by atoms with E-state index in [9.17, 15) is 8.42 Å². The van der Waals surface area contributed by atoms with Gasteiger partial charge in [-0.2, -0.15) is 12.8 Å². The summed E-state index contributed by atoms with van der Waals surface area (Å²) in [7, 11) is -0.569. The van der Waals surface area contributed by atoms with Gasteiger partial charge in [-0.15, -0.1) is 0 Å². The number of ether oxygens (including phenoxy) is 1. The van der Waals surface area contributed by atoms with Crippen molar-refractivity contribution in [2.24, 2.45) is 10.3 Å². The van der Waals surface area contributed by atoms with Gasteiger partial charge >= 0.3 is 10.5 Å². The van der Waals surface area contributed by atoms with E-state index < -0.39 is 10.5 Å². The molecule has 0 saturated heterocycles. The quantitative estimate of drug-likeness (QED) is 0.739. The second-order valence-electron chi connectivity index (χ2n) is 5.61. The Hall–Kier alpha value is -1.20. The zero-order valence-electron chi connectivity index (χ0n) is 12.6. The van der Waals surface area contributed by atoms with Gasteiger partial charge < -0.3 is 4.74 Å². The maximum Gasteiger partial charge on any atom is 0.311 e. The maximum absolute atomic E-state index is 10.9. The number of nitrogens with zero attached hydrogens (tertiary/aromatic N) is 1. The lowest BCUT2D eigenvalue weighted by Gasteiger charge is -2.12. The lowest BCUT2D eigenvalue weighted by molar-refractivity contribution is 0.0894. The van der Waals surface area contributed by atoms with E-state index in [2.05, 4.69) is 23.4 Å². The van der Waals surface area contributed by atoms with Gasteiger partial charge in [-0.1, -0.05) is 43.7 Å². The summed E-state index contributed by atoms with van der Waals surface area (Å²) >= 11 is 0. The molecule has 1 aliphatic rings. The van der Waals surface area contributed by atoms with Crippen molar-refractivity contribution in [3.63, 3.8) is 0 Å². The van der Waals surface area contributed by atoms with E-state index in [-0.39, 0.29) is 12.0 Å². The van der Waals surface area contributed by atoms with Crippen molar-refractivity contribution in [3.05, 3.63) is 35.9 Å². The van der Waals surface area contributed by atoms with Crippen LogP contribution in [-0.4, -0.2) is 27.7 Å². The Morgan fingerprint density at radius 1 is 1.29 bits per heavy atom. The Kier molecular flexibility index (Phi) is 5.94. The van der Waals surface area contributed by atoms with Gasteiger partial charge in [0.05, 0.1) is 12.1 Å². The lowest BCUT2D eigenvalue weighted by Crippen LogP contribution is -2.08. The first-order valence-electron chi connectivity index (χ1n) is 7.55. The molecule has 0 radical (unpaired) electrons. The molecule has 0 spiro atoms. The molecule has 0 heterocycles. The summed E-state index contributed by atoms with van der Waals surface area (Å²) in [6, 6.07) is 10.0. The molecule has 1 fully saturated rings. The van der Waals surface area contributed by atoms with Gasteiger partial charge in [-0.3, -0.25) is 0 Å². The normalized spacial score (nSPS) is 25.3. The van der Waals surface area contributed by atoms with E-state index in [4.69, 9.17) is 4.74 Å². The second kappa shape index (κ2) is 7.71. The largest absolute Gasteiger partial charge is 0.381 e. The molecule has 4 nitrogen and oxygen atoms in total. The minimum atomic E-state index is -2.32. The van der Waals surface area contributed by atoms with E-state index >= 15 is 0 Å². The molecule has 1 aromatic carbocycles. The van der Waals surface area contributed by atoms with Crippen molar-refractivity contribution in [1.82, 2.24) is 0 Å². The first-order chi connectivity index (χ1) is 10.2. The van der Waals surface area contributed by atoms with Gasteiger partial charge in [0, 0.05) is 13.0 Å². The van der Waals surface area contributed by atoms with Crippen LogP contribution in [0.4, 0.5) is 0 Å². The van der Waals surface area contributed by atoms with Crippen molar-refractivity contribution in [2.45, 2.75) is 50.7 Å². The topological polar surface area (TPSA) is 55.7 Å². The number of hydrogen-bond acceptors (Lipinski definition) is 4. The minimum Gasteiger partial charge on any atom is -0.381 e. The molecular weight excluding hydrogens is 286 g/mol. The first-order valence-corrected chi connectivity index (χ1v) is 8.58. The Labute approximate surface area is 128 Å². The van der Waals surface area contributed by atoms with E-state index in [1.807, 2.05) is 18.2 Å². The van der Waals surface area contributed by atoms with Crippen molar-refractivity contribution < 1.29 is 13.2 Å². The summed E-state index contributed by atoms with van der Waals surface area (Å²) < 4.78 is 31.0. The van der Waals surface area contributed by atoms with Crippen LogP contribution in [0.25, 0.3) is 0 Å².